The molecule has 40 heavy (non-hydrogen) atoms. The van der Waals surface area contributed by atoms with E-state index in [0.717, 1.165) is 31.4 Å². The predicted octanol–water partition coefficient (Wildman–Crippen LogP) is 2.32. The standard InChI is InChI=1S/C29H34N6O5/c1-28(2,38)17-39-20-5-7-24(32-16-20)23(15-30)27(37)34-18-11-29(12-18)13-21(14-29)40-25-10-19(35-9-3-8-33-35)4-6-22(25)26(31)36/h3-10,15-16,18,21,38H,11-14,17,30H2,1-2H3,(H2,31,36)(H,34,37). The molecular formula is C29H34N6O5. The van der Waals surface area contributed by atoms with Crippen molar-refractivity contribution in [2.24, 2.45) is 16.9 Å². The van der Waals surface area contributed by atoms with E-state index in [1.54, 1.807) is 55.1 Å². The van der Waals surface area contributed by atoms with Crippen LogP contribution in [0.3, 0.4) is 0 Å². The maximum Gasteiger partial charge on any atom is 0.255 e. The van der Waals surface area contributed by atoms with Gasteiger partial charge in [0.25, 0.3) is 11.8 Å². The van der Waals surface area contributed by atoms with E-state index in [-0.39, 0.29) is 35.6 Å². The highest BCUT2D eigenvalue weighted by Gasteiger charge is 2.54. The predicted molar refractivity (Wildman–Crippen MR) is 148 cm³/mol. The van der Waals surface area contributed by atoms with Crippen molar-refractivity contribution in [3.8, 4) is 17.2 Å². The molecule has 2 amide bonds. The van der Waals surface area contributed by atoms with Crippen LogP contribution in [0.1, 0.15) is 55.6 Å². The van der Waals surface area contributed by atoms with E-state index in [1.807, 2.05) is 12.3 Å². The lowest BCUT2D eigenvalue weighted by Crippen LogP contribution is -2.58. The number of aromatic nitrogens is 3. The van der Waals surface area contributed by atoms with Crippen LogP contribution in [0, 0.1) is 5.41 Å². The summed E-state index contributed by atoms with van der Waals surface area (Å²) in [5, 5.41) is 17.1. The second-order valence-electron chi connectivity index (χ2n) is 11.3. The van der Waals surface area contributed by atoms with Gasteiger partial charge in [-0.2, -0.15) is 5.10 Å². The number of nitrogens with zero attached hydrogens (tertiary/aromatic N) is 3. The van der Waals surface area contributed by atoms with Crippen LogP contribution in [0.15, 0.2) is 61.2 Å². The Labute approximate surface area is 232 Å². The number of nitrogens with two attached hydrogens (primary N) is 2. The topological polar surface area (TPSA) is 168 Å². The molecule has 5 rings (SSSR count). The van der Waals surface area contributed by atoms with Gasteiger partial charge in [0.2, 0.25) is 0 Å². The summed E-state index contributed by atoms with van der Waals surface area (Å²) in [5.74, 6) is 0.110. The van der Waals surface area contributed by atoms with E-state index >= 15 is 0 Å². The lowest BCUT2D eigenvalue weighted by molar-refractivity contribution is -0.122. The molecule has 2 fully saturated rings. The summed E-state index contributed by atoms with van der Waals surface area (Å²) >= 11 is 0. The molecule has 0 aliphatic heterocycles. The molecule has 2 aromatic heterocycles. The van der Waals surface area contributed by atoms with E-state index in [2.05, 4.69) is 15.4 Å². The number of primary amides is 1. The maximum atomic E-state index is 12.9. The van der Waals surface area contributed by atoms with Crippen molar-refractivity contribution in [3.63, 3.8) is 0 Å². The van der Waals surface area contributed by atoms with Gasteiger partial charge in [-0.15, -0.1) is 0 Å². The Bertz CT molecular complexity index is 1400. The maximum absolute atomic E-state index is 12.9. The van der Waals surface area contributed by atoms with Crippen LogP contribution in [0.25, 0.3) is 11.3 Å². The zero-order valence-electron chi connectivity index (χ0n) is 22.5. The third kappa shape index (κ3) is 5.94. The quantitative estimate of drug-likeness (QED) is 0.281. The molecule has 1 spiro atoms. The number of nitrogens with one attached hydrogen (secondary N) is 1. The lowest BCUT2D eigenvalue weighted by Gasteiger charge is -2.57. The first-order valence-corrected chi connectivity index (χ1v) is 13.2. The molecular weight excluding hydrogens is 512 g/mol. The van der Waals surface area contributed by atoms with Crippen LogP contribution in [0.5, 0.6) is 11.5 Å². The molecule has 0 unspecified atom stereocenters. The normalized spacial score (nSPS) is 22.2. The van der Waals surface area contributed by atoms with Crippen molar-refractivity contribution in [2.75, 3.05) is 6.61 Å². The van der Waals surface area contributed by atoms with Gasteiger partial charge >= 0.3 is 0 Å². The van der Waals surface area contributed by atoms with E-state index < -0.39 is 11.5 Å². The third-order valence-corrected chi connectivity index (χ3v) is 7.32. The number of aliphatic hydroxyl groups is 1. The second kappa shape index (κ2) is 10.6. The number of pyridine rings is 1. The minimum Gasteiger partial charge on any atom is -0.489 e. The summed E-state index contributed by atoms with van der Waals surface area (Å²) in [7, 11) is 0. The van der Waals surface area contributed by atoms with E-state index in [9.17, 15) is 14.7 Å². The van der Waals surface area contributed by atoms with Crippen LogP contribution in [0.4, 0.5) is 0 Å². The van der Waals surface area contributed by atoms with Gasteiger partial charge in [0.05, 0.1) is 40.4 Å². The van der Waals surface area contributed by atoms with Crippen LogP contribution < -0.4 is 26.3 Å². The minimum absolute atomic E-state index is 0.0297. The Hall–Kier alpha value is -4.38. The molecule has 0 saturated heterocycles. The molecule has 2 heterocycles. The van der Waals surface area contributed by atoms with Gasteiger partial charge < -0.3 is 31.4 Å². The van der Waals surface area contributed by atoms with Crippen molar-refractivity contribution >= 4 is 17.4 Å². The number of rotatable bonds is 10. The monoisotopic (exact) mass is 546 g/mol. The van der Waals surface area contributed by atoms with Crippen molar-refractivity contribution in [1.29, 1.82) is 0 Å². The zero-order chi connectivity index (χ0) is 28.5. The molecule has 0 bridgehead atoms. The van der Waals surface area contributed by atoms with Crippen molar-refractivity contribution in [3.05, 3.63) is 72.4 Å². The highest BCUT2D eigenvalue weighted by Crippen LogP contribution is 2.57. The van der Waals surface area contributed by atoms with Crippen molar-refractivity contribution in [2.45, 2.75) is 57.3 Å². The minimum atomic E-state index is -0.966. The van der Waals surface area contributed by atoms with Crippen LogP contribution >= 0.6 is 0 Å². The summed E-state index contributed by atoms with van der Waals surface area (Å²) < 4.78 is 13.4. The van der Waals surface area contributed by atoms with Gasteiger partial charge in [-0.25, -0.2) is 4.68 Å². The van der Waals surface area contributed by atoms with Gasteiger partial charge in [0, 0.05) is 30.7 Å². The molecule has 1 aromatic carbocycles. The third-order valence-electron chi connectivity index (χ3n) is 7.32. The fraction of sp³-hybridized carbons (Fsp3) is 0.379. The zero-order valence-corrected chi connectivity index (χ0v) is 22.5. The van der Waals surface area contributed by atoms with Gasteiger partial charge in [-0.3, -0.25) is 14.6 Å². The summed E-state index contributed by atoms with van der Waals surface area (Å²) in [6.45, 7) is 3.42. The molecule has 210 valence electrons. The van der Waals surface area contributed by atoms with Crippen molar-refractivity contribution < 1.29 is 24.2 Å². The van der Waals surface area contributed by atoms with Crippen molar-refractivity contribution in [1.82, 2.24) is 20.1 Å². The molecule has 11 heteroatoms. The molecule has 2 aliphatic rings. The molecule has 2 aliphatic carbocycles. The molecule has 3 aromatic rings. The van der Waals surface area contributed by atoms with E-state index in [4.69, 9.17) is 20.9 Å². The number of ether oxygens (including phenoxy) is 2. The Morgan fingerprint density at radius 3 is 2.60 bits per heavy atom. The van der Waals surface area contributed by atoms with Gasteiger partial charge in [0.1, 0.15) is 18.1 Å². The average Bonchev–Trinajstić information content (AvgIpc) is 3.40. The Balaban J connectivity index is 1.12. The Morgan fingerprint density at radius 2 is 2.00 bits per heavy atom. The van der Waals surface area contributed by atoms with E-state index in [0.29, 0.717) is 22.8 Å². The Kier molecular flexibility index (Phi) is 7.24. The fourth-order valence-corrected chi connectivity index (χ4v) is 5.39. The number of hydrogen-bond acceptors (Lipinski definition) is 8. The van der Waals surface area contributed by atoms with Gasteiger partial charge in [-0.1, -0.05) is 0 Å². The molecule has 11 nitrogen and oxygen atoms in total. The first-order valence-electron chi connectivity index (χ1n) is 13.2. The number of carbonyl (C=O) groups is 2. The highest BCUT2D eigenvalue weighted by atomic mass is 16.5. The van der Waals surface area contributed by atoms with Crippen LogP contribution in [-0.4, -0.2) is 56.0 Å². The average molecular weight is 547 g/mol. The second-order valence-corrected chi connectivity index (χ2v) is 11.3. The fourth-order valence-electron chi connectivity index (χ4n) is 5.39. The molecule has 2 saturated carbocycles. The number of carbonyl (C=O) groups excluding carboxylic acids is 2. The summed E-state index contributed by atoms with van der Waals surface area (Å²) in [4.78, 5) is 29.2. The molecule has 6 N–H and O–H groups in total. The SMILES string of the molecule is CC(C)(O)COc1ccc(C(=CN)C(=O)NC2CC3(C2)CC(Oc2cc(-n4cccn4)ccc2C(N)=O)C3)nc1. The highest BCUT2D eigenvalue weighted by molar-refractivity contribution is 6.18. The van der Waals surface area contributed by atoms with Crippen LogP contribution in [-0.2, 0) is 4.79 Å². The van der Waals surface area contributed by atoms with Gasteiger partial charge in [0.15, 0.2) is 0 Å². The summed E-state index contributed by atoms with van der Waals surface area (Å²) in [5.41, 5.74) is 12.3. The Morgan fingerprint density at radius 1 is 1.23 bits per heavy atom. The largest absolute Gasteiger partial charge is 0.489 e. The first-order chi connectivity index (χ1) is 19.0. The van der Waals surface area contributed by atoms with E-state index in [1.165, 1.54) is 12.4 Å². The smallest absolute Gasteiger partial charge is 0.255 e. The van der Waals surface area contributed by atoms with Gasteiger partial charge in [-0.05, 0) is 75.3 Å². The number of amides is 2. The molecule has 0 radical (unpaired) electrons. The lowest BCUT2D eigenvalue weighted by atomic mass is 9.53. The summed E-state index contributed by atoms with van der Waals surface area (Å²) in [6, 6.07) is 10.4. The molecule has 0 atom stereocenters. The summed E-state index contributed by atoms with van der Waals surface area (Å²) in [6.07, 6.45) is 9.54. The first kappa shape index (κ1) is 27.2. The van der Waals surface area contributed by atoms with Crippen LogP contribution in [0.2, 0.25) is 0 Å². The number of benzene rings is 1. The number of hydrogen-bond donors (Lipinski definition) is 4.